The van der Waals surface area contributed by atoms with Crippen molar-refractivity contribution in [2.75, 3.05) is 11.4 Å². The van der Waals surface area contributed by atoms with Gasteiger partial charge < -0.3 is 14.5 Å². The van der Waals surface area contributed by atoms with Crippen molar-refractivity contribution in [1.29, 1.82) is 0 Å². The number of carbonyl (C=O) groups is 1. The van der Waals surface area contributed by atoms with Gasteiger partial charge in [0, 0.05) is 18.2 Å². The smallest absolute Gasteiger partial charge is 0.343 e. The second-order valence-electron chi connectivity index (χ2n) is 5.87. The van der Waals surface area contributed by atoms with Crippen LogP contribution in [0.3, 0.4) is 0 Å². The normalized spacial score (nSPS) is 23.7. The minimum Gasteiger partial charge on any atom is -0.477 e. The van der Waals surface area contributed by atoms with E-state index in [4.69, 9.17) is 4.52 Å². The molecular formula is C16H16N2O3. The van der Waals surface area contributed by atoms with E-state index >= 15 is 0 Å². The molecule has 0 unspecified atom stereocenters. The SMILES string of the molecule is O=C(O)c1c(N2C[C@H]3CC[C@H]2C3)noc1-c1ccccc1. The Morgan fingerprint density at radius 1 is 1.29 bits per heavy atom. The van der Waals surface area contributed by atoms with Crippen LogP contribution in [0.5, 0.6) is 0 Å². The summed E-state index contributed by atoms with van der Waals surface area (Å²) in [7, 11) is 0. The molecule has 1 saturated carbocycles. The van der Waals surface area contributed by atoms with E-state index in [9.17, 15) is 9.90 Å². The van der Waals surface area contributed by atoms with Crippen LogP contribution in [0.15, 0.2) is 34.9 Å². The van der Waals surface area contributed by atoms with E-state index in [1.54, 1.807) is 0 Å². The predicted octanol–water partition coefficient (Wildman–Crippen LogP) is 3.03. The fraction of sp³-hybridized carbons (Fsp3) is 0.375. The summed E-state index contributed by atoms with van der Waals surface area (Å²) in [5, 5.41) is 13.7. The van der Waals surface area contributed by atoms with Crippen molar-refractivity contribution in [3.63, 3.8) is 0 Å². The Labute approximate surface area is 122 Å². The Hall–Kier alpha value is -2.30. The lowest BCUT2D eigenvalue weighted by Gasteiger charge is -2.26. The minimum atomic E-state index is -0.979. The highest BCUT2D eigenvalue weighted by Gasteiger charge is 2.41. The number of hydrogen-bond donors (Lipinski definition) is 1. The molecule has 0 spiro atoms. The molecule has 1 aromatic heterocycles. The van der Waals surface area contributed by atoms with Gasteiger partial charge in [-0.15, -0.1) is 0 Å². The number of benzene rings is 1. The first-order valence-electron chi connectivity index (χ1n) is 7.29. The zero-order valence-corrected chi connectivity index (χ0v) is 11.5. The number of aromatic nitrogens is 1. The van der Waals surface area contributed by atoms with Gasteiger partial charge in [-0.25, -0.2) is 4.79 Å². The van der Waals surface area contributed by atoms with Gasteiger partial charge in [0.25, 0.3) is 0 Å². The zero-order chi connectivity index (χ0) is 14.4. The maximum absolute atomic E-state index is 11.7. The van der Waals surface area contributed by atoms with Crippen LogP contribution in [0.25, 0.3) is 11.3 Å². The van der Waals surface area contributed by atoms with E-state index in [-0.39, 0.29) is 5.56 Å². The Balaban J connectivity index is 1.79. The Bertz CT molecular complexity index is 680. The number of anilines is 1. The van der Waals surface area contributed by atoms with Crippen LogP contribution in [0.1, 0.15) is 29.6 Å². The molecule has 2 heterocycles. The van der Waals surface area contributed by atoms with Gasteiger partial charge in [-0.3, -0.25) is 0 Å². The van der Waals surface area contributed by atoms with E-state index in [0.717, 1.165) is 24.9 Å². The summed E-state index contributed by atoms with van der Waals surface area (Å²) in [4.78, 5) is 13.8. The summed E-state index contributed by atoms with van der Waals surface area (Å²) in [6, 6.07) is 9.71. The molecule has 1 saturated heterocycles. The van der Waals surface area contributed by atoms with Gasteiger partial charge in [-0.2, -0.15) is 0 Å². The summed E-state index contributed by atoms with van der Waals surface area (Å²) < 4.78 is 5.39. The molecule has 2 atom stereocenters. The van der Waals surface area contributed by atoms with Crippen LogP contribution in [0.2, 0.25) is 0 Å². The summed E-state index contributed by atoms with van der Waals surface area (Å²) in [6.07, 6.45) is 3.51. The maximum atomic E-state index is 11.7. The van der Waals surface area contributed by atoms with Gasteiger partial charge in [-0.1, -0.05) is 35.5 Å². The molecule has 2 aliphatic rings. The van der Waals surface area contributed by atoms with Gasteiger partial charge in [-0.05, 0) is 25.2 Å². The quantitative estimate of drug-likeness (QED) is 0.938. The molecule has 5 heteroatoms. The average molecular weight is 284 g/mol. The van der Waals surface area contributed by atoms with E-state index < -0.39 is 5.97 Å². The average Bonchev–Trinajstić information content (AvgIpc) is 3.22. The molecule has 2 aromatic rings. The molecule has 108 valence electrons. The van der Waals surface area contributed by atoms with Crippen LogP contribution < -0.4 is 4.90 Å². The molecule has 2 fully saturated rings. The van der Waals surface area contributed by atoms with Crippen LogP contribution in [0.4, 0.5) is 5.82 Å². The number of nitrogens with zero attached hydrogens (tertiary/aromatic N) is 2. The molecule has 0 amide bonds. The number of piperidine rings is 1. The Morgan fingerprint density at radius 2 is 2.10 bits per heavy atom. The summed E-state index contributed by atoms with van der Waals surface area (Å²) >= 11 is 0. The third-order valence-electron chi connectivity index (χ3n) is 4.61. The third-order valence-corrected chi connectivity index (χ3v) is 4.61. The molecule has 2 bridgehead atoms. The number of rotatable bonds is 3. The van der Waals surface area contributed by atoms with Gasteiger partial charge in [0.05, 0.1) is 0 Å². The molecule has 1 aromatic carbocycles. The fourth-order valence-electron chi connectivity index (χ4n) is 3.64. The van der Waals surface area contributed by atoms with E-state index in [0.29, 0.717) is 23.5 Å². The lowest BCUT2D eigenvalue weighted by Crippen LogP contribution is -2.33. The van der Waals surface area contributed by atoms with Gasteiger partial charge in [0.15, 0.2) is 17.1 Å². The van der Waals surface area contributed by atoms with Gasteiger partial charge in [0.2, 0.25) is 0 Å². The van der Waals surface area contributed by atoms with Crippen molar-refractivity contribution < 1.29 is 14.4 Å². The van der Waals surface area contributed by atoms with E-state index in [1.807, 2.05) is 30.3 Å². The van der Waals surface area contributed by atoms with Crippen molar-refractivity contribution in [2.45, 2.75) is 25.3 Å². The van der Waals surface area contributed by atoms with Crippen LogP contribution in [-0.4, -0.2) is 28.8 Å². The van der Waals surface area contributed by atoms with Crippen LogP contribution in [0, 0.1) is 5.92 Å². The first kappa shape index (κ1) is 12.4. The molecule has 1 aliphatic heterocycles. The van der Waals surface area contributed by atoms with Crippen LogP contribution in [-0.2, 0) is 0 Å². The number of aromatic carboxylic acids is 1. The van der Waals surface area contributed by atoms with Gasteiger partial charge >= 0.3 is 5.97 Å². The molecule has 1 N–H and O–H groups in total. The summed E-state index contributed by atoms with van der Waals surface area (Å²) in [6.45, 7) is 0.895. The number of carboxylic acid groups (broad SMARTS) is 1. The van der Waals surface area contributed by atoms with Crippen molar-refractivity contribution in [1.82, 2.24) is 5.16 Å². The second kappa shape index (κ2) is 4.62. The third kappa shape index (κ3) is 1.92. The topological polar surface area (TPSA) is 66.6 Å². The Morgan fingerprint density at radius 3 is 2.71 bits per heavy atom. The maximum Gasteiger partial charge on any atom is 0.343 e. The van der Waals surface area contributed by atoms with Gasteiger partial charge in [0.1, 0.15) is 0 Å². The monoisotopic (exact) mass is 284 g/mol. The van der Waals surface area contributed by atoms with E-state index in [2.05, 4.69) is 10.1 Å². The second-order valence-corrected chi connectivity index (χ2v) is 5.87. The molecule has 4 rings (SSSR count). The predicted molar refractivity (Wildman–Crippen MR) is 77.4 cm³/mol. The minimum absolute atomic E-state index is 0.189. The molecule has 5 nitrogen and oxygen atoms in total. The first-order chi connectivity index (χ1) is 10.2. The Kier molecular flexibility index (Phi) is 2.74. The van der Waals surface area contributed by atoms with Crippen LogP contribution >= 0.6 is 0 Å². The number of carboxylic acids is 1. The van der Waals surface area contributed by atoms with Crippen molar-refractivity contribution in [2.24, 2.45) is 5.92 Å². The molecular weight excluding hydrogens is 268 g/mol. The fourth-order valence-corrected chi connectivity index (χ4v) is 3.64. The standard InChI is InChI=1S/C16H16N2O3/c19-16(20)13-14(11-4-2-1-3-5-11)21-17-15(13)18-9-10-6-7-12(18)8-10/h1-5,10,12H,6-9H2,(H,19,20)/t10-,12-/m0/s1. The molecule has 0 radical (unpaired) electrons. The van der Waals surface area contributed by atoms with Crippen molar-refractivity contribution >= 4 is 11.8 Å². The van der Waals surface area contributed by atoms with Crippen molar-refractivity contribution in [3.05, 3.63) is 35.9 Å². The highest BCUT2D eigenvalue weighted by atomic mass is 16.5. The van der Waals surface area contributed by atoms with E-state index in [1.165, 1.54) is 6.42 Å². The number of hydrogen-bond acceptors (Lipinski definition) is 4. The first-order valence-corrected chi connectivity index (χ1v) is 7.29. The lowest BCUT2D eigenvalue weighted by molar-refractivity contribution is 0.0697. The number of fused-ring (bicyclic) bond motifs is 2. The molecule has 1 aliphatic carbocycles. The zero-order valence-electron chi connectivity index (χ0n) is 11.5. The lowest BCUT2D eigenvalue weighted by atomic mass is 10.1. The highest BCUT2D eigenvalue weighted by molar-refractivity contribution is 5.99. The largest absolute Gasteiger partial charge is 0.477 e. The summed E-state index contributed by atoms with van der Waals surface area (Å²) in [5.74, 6) is 0.538. The van der Waals surface area contributed by atoms with Crippen molar-refractivity contribution in [3.8, 4) is 11.3 Å². The molecule has 21 heavy (non-hydrogen) atoms. The highest BCUT2D eigenvalue weighted by Crippen LogP contribution is 2.42. The summed E-state index contributed by atoms with van der Waals surface area (Å²) in [5.41, 5.74) is 0.937.